The summed E-state index contributed by atoms with van der Waals surface area (Å²) in [7, 11) is 0. The van der Waals surface area contributed by atoms with Crippen LogP contribution in [-0.4, -0.2) is 34.1 Å². The summed E-state index contributed by atoms with van der Waals surface area (Å²) >= 11 is 0. The van der Waals surface area contributed by atoms with Gasteiger partial charge in [-0.05, 0) is 44.4 Å². The Balaban J connectivity index is 2.41. The maximum Gasteiger partial charge on any atom is 0.419 e. The van der Waals surface area contributed by atoms with Gasteiger partial charge in [-0.25, -0.2) is 9.18 Å². The first-order valence-electron chi connectivity index (χ1n) is 7.95. The Morgan fingerprint density at radius 3 is 2.27 bits per heavy atom. The fraction of sp³-hybridized carbons (Fsp3) is 0.529. The molecule has 1 saturated carbocycles. The zero-order valence-corrected chi connectivity index (χ0v) is 14.6. The summed E-state index contributed by atoms with van der Waals surface area (Å²) in [6.07, 6.45) is -5.56. The fourth-order valence-electron chi connectivity index (χ4n) is 3.18. The van der Waals surface area contributed by atoms with Crippen molar-refractivity contribution < 1.29 is 32.3 Å². The molecule has 0 unspecified atom stereocenters. The number of nitrogens with one attached hydrogen (secondary N) is 1. The molecular weight excluding hydrogens is 356 g/mol. The van der Waals surface area contributed by atoms with E-state index in [2.05, 4.69) is 5.32 Å². The molecule has 0 spiro atoms. The molecule has 1 aromatic rings. The van der Waals surface area contributed by atoms with Crippen molar-refractivity contribution in [3.8, 4) is 0 Å². The largest absolute Gasteiger partial charge is 0.465 e. The van der Waals surface area contributed by atoms with Gasteiger partial charge in [0.15, 0.2) is 0 Å². The van der Waals surface area contributed by atoms with Gasteiger partial charge in [0.25, 0.3) is 0 Å². The van der Waals surface area contributed by atoms with E-state index in [4.69, 9.17) is 0 Å². The van der Waals surface area contributed by atoms with Gasteiger partial charge in [-0.1, -0.05) is 6.07 Å². The molecule has 1 aliphatic carbocycles. The predicted molar refractivity (Wildman–Crippen MR) is 84.9 cm³/mol. The van der Waals surface area contributed by atoms with E-state index in [0.29, 0.717) is 25.0 Å². The minimum atomic E-state index is -4.88. The highest BCUT2D eigenvalue weighted by Gasteiger charge is 2.53. The van der Waals surface area contributed by atoms with Crippen molar-refractivity contribution in [2.75, 3.05) is 6.54 Å². The quantitative estimate of drug-likeness (QED) is 0.770. The lowest BCUT2D eigenvalue weighted by atomic mass is 9.97. The van der Waals surface area contributed by atoms with Crippen molar-refractivity contribution in [2.24, 2.45) is 0 Å². The van der Waals surface area contributed by atoms with Gasteiger partial charge < -0.3 is 10.4 Å². The average Bonchev–Trinajstić information content (AvgIpc) is 3.24. The Morgan fingerprint density at radius 2 is 1.85 bits per heavy atom. The molecule has 0 aliphatic heterocycles. The molecule has 9 heteroatoms. The second-order valence-electron chi connectivity index (χ2n) is 7.16. The molecule has 0 aromatic heterocycles. The third-order valence-electron chi connectivity index (χ3n) is 4.35. The van der Waals surface area contributed by atoms with Gasteiger partial charge in [0.05, 0.1) is 16.6 Å². The van der Waals surface area contributed by atoms with Gasteiger partial charge in [-0.3, -0.25) is 9.69 Å². The normalized spacial score (nSPS) is 16.1. The molecule has 0 radical (unpaired) electrons. The van der Waals surface area contributed by atoms with E-state index in [1.807, 2.05) is 0 Å². The lowest BCUT2D eigenvalue weighted by Crippen LogP contribution is -2.54. The monoisotopic (exact) mass is 376 g/mol. The minimum absolute atomic E-state index is 0.0900. The van der Waals surface area contributed by atoms with Crippen molar-refractivity contribution in [3.63, 3.8) is 0 Å². The van der Waals surface area contributed by atoms with E-state index >= 15 is 0 Å². The van der Waals surface area contributed by atoms with Crippen LogP contribution in [0.4, 0.5) is 22.4 Å². The zero-order valence-electron chi connectivity index (χ0n) is 14.6. The average molecular weight is 376 g/mol. The van der Waals surface area contributed by atoms with Crippen molar-refractivity contribution >= 4 is 12.0 Å². The molecule has 2 N–H and O–H groups in total. The standard InChI is InChI=1S/C17H20F4N2O3/c1-10(24)22-15(2,3)9-23(14(25)26)16(6-7-16)11-4-5-13(18)12(8-11)17(19,20)21/h4-5,8H,6-7,9H2,1-3H3,(H,22,24)(H,25,26). The third kappa shape index (κ3) is 4.08. The maximum absolute atomic E-state index is 13.6. The molecule has 2 rings (SSSR count). The first-order valence-corrected chi connectivity index (χ1v) is 7.95. The summed E-state index contributed by atoms with van der Waals surface area (Å²) in [5.41, 5.74) is -3.41. The first kappa shape index (κ1) is 20.0. The van der Waals surface area contributed by atoms with Gasteiger partial charge in [-0.15, -0.1) is 0 Å². The van der Waals surface area contributed by atoms with Crippen molar-refractivity contribution in [1.82, 2.24) is 10.2 Å². The number of carbonyl (C=O) groups excluding carboxylic acids is 1. The SMILES string of the molecule is CC(=O)NC(C)(C)CN(C(=O)O)C1(c2ccc(F)c(C(F)(F)F)c2)CC1. The molecule has 26 heavy (non-hydrogen) atoms. The maximum atomic E-state index is 13.6. The van der Waals surface area contributed by atoms with Crippen LogP contribution in [0.2, 0.25) is 0 Å². The van der Waals surface area contributed by atoms with Crippen LogP contribution >= 0.6 is 0 Å². The summed E-state index contributed by atoms with van der Waals surface area (Å²) in [6, 6.07) is 2.56. The highest BCUT2D eigenvalue weighted by molar-refractivity contribution is 5.74. The second kappa shape index (κ2) is 6.44. The van der Waals surface area contributed by atoms with E-state index in [1.165, 1.54) is 13.0 Å². The van der Waals surface area contributed by atoms with E-state index in [9.17, 15) is 32.3 Å². The number of carboxylic acid groups (broad SMARTS) is 1. The molecule has 1 aromatic carbocycles. The predicted octanol–water partition coefficient (Wildman–Crippen LogP) is 3.73. The number of benzene rings is 1. The van der Waals surface area contributed by atoms with Crippen LogP contribution in [0.3, 0.4) is 0 Å². The molecule has 0 saturated heterocycles. The highest BCUT2D eigenvalue weighted by atomic mass is 19.4. The van der Waals surface area contributed by atoms with E-state index < -0.39 is 34.7 Å². The number of halogens is 4. The van der Waals surface area contributed by atoms with E-state index in [-0.39, 0.29) is 18.0 Å². The lowest BCUT2D eigenvalue weighted by molar-refractivity contribution is -0.140. The number of rotatable bonds is 5. The third-order valence-corrected chi connectivity index (χ3v) is 4.35. The molecule has 0 atom stereocenters. The number of amides is 2. The highest BCUT2D eigenvalue weighted by Crippen LogP contribution is 2.52. The van der Waals surface area contributed by atoms with Gasteiger partial charge in [0, 0.05) is 13.5 Å². The Labute approximate surface area is 148 Å². The Kier molecular flexibility index (Phi) is 4.95. The number of carbonyl (C=O) groups is 2. The topological polar surface area (TPSA) is 69.6 Å². The van der Waals surface area contributed by atoms with E-state index in [0.717, 1.165) is 4.90 Å². The molecule has 1 aliphatic rings. The first-order chi connectivity index (χ1) is 11.8. The molecule has 1 fully saturated rings. The van der Waals surface area contributed by atoms with Crippen LogP contribution in [0.25, 0.3) is 0 Å². The summed E-state index contributed by atoms with van der Waals surface area (Å²) in [4.78, 5) is 24.1. The number of hydrogen-bond acceptors (Lipinski definition) is 2. The van der Waals surface area contributed by atoms with Crippen LogP contribution in [0.15, 0.2) is 18.2 Å². The van der Waals surface area contributed by atoms with Crippen LogP contribution < -0.4 is 5.32 Å². The van der Waals surface area contributed by atoms with E-state index in [1.54, 1.807) is 13.8 Å². The van der Waals surface area contributed by atoms with Crippen LogP contribution in [0, 0.1) is 5.82 Å². The van der Waals surface area contributed by atoms with Gasteiger partial charge >= 0.3 is 12.3 Å². The summed E-state index contributed by atoms with van der Waals surface area (Å²) in [5.74, 6) is -1.76. The van der Waals surface area contributed by atoms with Crippen LogP contribution in [-0.2, 0) is 16.5 Å². The fourth-order valence-corrected chi connectivity index (χ4v) is 3.18. The molecule has 0 bridgehead atoms. The Bertz CT molecular complexity index is 727. The van der Waals surface area contributed by atoms with Crippen molar-refractivity contribution in [2.45, 2.75) is 50.9 Å². The number of hydrogen-bond donors (Lipinski definition) is 2. The number of alkyl halides is 3. The van der Waals surface area contributed by atoms with Gasteiger partial charge in [0.2, 0.25) is 5.91 Å². The smallest absolute Gasteiger partial charge is 0.419 e. The second-order valence-corrected chi connectivity index (χ2v) is 7.16. The Hall–Kier alpha value is -2.32. The molecule has 0 heterocycles. The molecule has 5 nitrogen and oxygen atoms in total. The zero-order chi connectivity index (χ0) is 19.9. The summed E-state index contributed by atoms with van der Waals surface area (Å²) in [5, 5.41) is 12.2. The number of nitrogens with zero attached hydrogens (tertiary/aromatic N) is 1. The molecule has 2 amide bonds. The molecular formula is C17H20F4N2O3. The minimum Gasteiger partial charge on any atom is -0.465 e. The summed E-state index contributed by atoms with van der Waals surface area (Å²) < 4.78 is 52.5. The van der Waals surface area contributed by atoms with Crippen LogP contribution in [0.1, 0.15) is 44.7 Å². The molecule has 144 valence electrons. The van der Waals surface area contributed by atoms with Crippen molar-refractivity contribution in [3.05, 3.63) is 35.1 Å². The summed E-state index contributed by atoms with van der Waals surface area (Å²) in [6.45, 7) is 4.40. The van der Waals surface area contributed by atoms with Gasteiger partial charge in [-0.2, -0.15) is 13.2 Å². The van der Waals surface area contributed by atoms with Gasteiger partial charge in [0.1, 0.15) is 5.82 Å². The lowest BCUT2D eigenvalue weighted by Gasteiger charge is -2.37. The van der Waals surface area contributed by atoms with Crippen molar-refractivity contribution in [1.29, 1.82) is 0 Å². The van der Waals surface area contributed by atoms with Crippen LogP contribution in [0.5, 0.6) is 0 Å². The Morgan fingerprint density at radius 1 is 1.27 bits per heavy atom.